The number of rotatable bonds is 6. The third-order valence-electron chi connectivity index (χ3n) is 4.33. The molecule has 1 aliphatic heterocycles. The van der Waals surface area contributed by atoms with E-state index in [1.54, 1.807) is 12.1 Å². The predicted octanol–water partition coefficient (Wildman–Crippen LogP) is 2.98. The fourth-order valence-electron chi connectivity index (χ4n) is 2.86. The number of nitrogens with one attached hydrogen (secondary N) is 2. The summed E-state index contributed by atoms with van der Waals surface area (Å²) >= 11 is 0. The Balaban J connectivity index is 1.47. The SMILES string of the molecule is O=[N+]([O-])c1cc2c(cc1/C=N\Nc1nc3nonc3nc1Nc1ccccc1F)OCO2. The lowest BCUT2D eigenvalue weighted by Crippen LogP contribution is -2.04. The van der Waals surface area contributed by atoms with Crippen molar-refractivity contribution in [3.05, 3.63) is 57.9 Å². The summed E-state index contributed by atoms with van der Waals surface area (Å²) in [6.07, 6.45) is 1.21. The monoisotopic (exact) mass is 438 g/mol. The summed E-state index contributed by atoms with van der Waals surface area (Å²) in [7, 11) is 0. The minimum absolute atomic E-state index is 0.0300. The lowest BCUT2D eigenvalue weighted by Gasteiger charge is -2.09. The van der Waals surface area contributed by atoms with E-state index in [1.807, 2.05) is 0 Å². The lowest BCUT2D eigenvalue weighted by molar-refractivity contribution is -0.385. The van der Waals surface area contributed by atoms with Crippen molar-refractivity contribution in [2.24, 2.45) is 5.10 Å². The molecule has 0 saturated heterocycles. The summed E-state index contributed by atoms with van der Waals surface area (Å²) in [5.74, 6) is 0.242. The number of ether oxygens (including phenoxy) is 2. The molecule has 0 atom stereocenters. The van der Waals surface area contributed by atoms with Gasteiger partial charge in [-0.3, -0.25) is 15.5 Å². The minimum atomic E-state index is -0.568. The molecule has 0 spiro atoms. The van der Waals surface area contributed by atoms with Gasteiger partial charge in [-0.2, -0.15) is 10.1 Å². The first kappa shape index (κ1) is 19.1. The van der Waals surface area contributed by atoms with Crippen LogP contribution < -0.4 is 20.2 Å². The number of nitro benzene ring substituents is 1. The zero-order chi connectivity index (χ0) is 22.1. The molecule has 0 unspecified atom stereocenters. The van der Waals surface area contributed by atoms with Gasteiger partial charge in [0.25, 0.3) is 5.69 Å². The highest BCUT2D eigenvalue weighted by atomic mass is 19.1. The van der Waals surface area contributed by atoms with Crippen molar-refractivity contribution in [1.82, 2.24) is 20.3 Å². The fourth-order valence-corrected chi connectivity index (χ4v) is 2.86. The second-order valence-corrected chi connectivity index (χ2v) is 6.33. The summed E-state index contributed by atoms with van der Waals surface area (Å²) in [6.45, 7) is -0.0300. The highest BCUT2D eigenvalue weighted by Gasteiger charge is 2.22. The van der Waals surface area contributed by atoms with Gasteiger partial charge in [-0.1, -0.05) is 12.1 Å². The Morgan fingerprint density at radius 1 is 1.09 bits per heavy atom. The third kappa shape index (κ3) is 3.55. The smallest absolute Gasteiger partial charge is 0.282 e. The first-order valence-electron chi connectivity index (χ1n) is 8.97. The van der Waals surface area contributed by atoms with Crippen molar-refractivity contribution >= 4 is 40.5 Å². The van der Waals surface area contributed by atoms with E-state index in [1.165, 1.54) is 30.5 Å². The summed E-state index contributed by atoms with van der Waals surface area (Å²) in [5, 5.41) is 25.4. The fraction of sp³-hybridized carbons (Fsp3) is 0.0556. The Kier molecular flexibility index (Phi) is 4.63. The molecule has 0 fully saturated rings. The lowest BCUT2D eigenvalue weighted by atomic mass is 10.1. The molecule has 1 aliphatic rings. The standard InChI is InChI=1S/C18H11FN8O5/c19-10-3-1-2-4-11(10)21-15-16(23-18-17(22-15)25-32-26-18)24-20-7-9-5-13-14(31-8-30-13)6-12(9)27(28)29/h1-7H,8H2,(H,21,22,25)(H,23,24,26)/b20-7-. The average Bonchev–Trinajstić information content (AvgIpc) is 3.43. The van der Waals surface area contributed by atoms with Crippen molar-refractivity contribution in [3.63, 3.8) is 0 Å². The molecule has 5 rings (SSSR count). The van der Waals surface area contributed by atoms with Gasteiger partial charge in [0.15, 0.2) is 23.1 Å². The van der Waals surface area contributed by atoms with Crippen LogP contribution in [0.15, 0.2) is 46.1 Å². The molecule has 0 radical (unpaired) electrons. The Bertz CT molecular complexity index is 1370. The largest absolute Gasteiger partial charge is 0.454 e. The number of para-hydroxylation sites is 1. The number of hydrogen-bond donors (Lipinski definition) is 2. The van der Waals surface area contributed by atoms with E-state index in [9.17, 15) is 14.5 Å². The third-order valence-corrected chi connectivity index (χ3v) is 4.33. The van der Waals surface area contributed by atoms with Crippen LogP contribution in [0, 0.1) is 15.9 Å². The number of hydrazone groups is 1. The molecule has 160 valence electrons. The van der Waals surface area contributed by atoms with Crippen LogP contribution in [0.1, 0.15) is 5.56 Å². The summed E-state index contributed by atoms with van der Waals surface area (Å²) < 4.78 is 29.1. The molecule has 0 amide bonds. The first-order valence-corrected chi connectivity index (χ1v) is 8.97. The number of benzene rings is 2. The van der Waals surface area contributed by atoms with Gasteiger partial charge < -0.3 is 14.8 Å². The molecule has 0 bridgehead atoms. The second kappa shape index (κ2) is 7.75. The molecule has 0 aliphatic carbocycles. The molecule has 2 aromatic heterocycles. The van der Waals surface area contributed by atoms with Gasteiger partial charge in [-0.05, 0) is 28.5 Å². The van der Waals surface area contributed by atoms with Crippen molar-refractivity contribution in [2.45, 2.75) is 0 Å². The molecule has 2 aromatic carbocycles. The number of nitrogens with zero attached hydrogens (tertiary/aromatic N) is 6. The maximum atomic E-state index is 14.1. The summed E-state index contributed by atoms with van der Waals surface area (Å²) in [6, 6.07) is 8.64. The van der Waals surface area contributed by atoms with Crippen LogP contribution in [0.2, 0.25) is 0 Å². The van der Waals surface area contributed by atoms with E-state index in [-0.39, 0.29) is 52.4 Å². The molecule has 14 heteroatoms. The van der Waals surface area contributed by atoms with E-state index in [0.29, 0.717) is 5.75 Å². The average molecular weight is 438 g/mol. The zero-order valence-corrected chi connectivity index (χ0v) is 15.9. The van der Waals surface area contributed by atoms with Gasteiger partial charge >= 0.3 is 0 Å². The molecular formula is C18H11FN8O5. The van der Waals surface area contributed by atoms with Crippen LogP contribution in [0.4, 0.5) is 27.4 Å². The Labute approximate surface area is 177 Å². The number of fused-ring (bicyclic) bond motifs is 2. The highest BCUT2D eigenvalue weighted by molar-refractivity contribution is 5.88. The normalized spacial score (nSPS) is 12.4. The van der Waals surface area contributed by atoms with Gasteiger partial charge in [-0.15, -0.1) is 0 Å². The van der Waals surface area contributed by atoms with Crippen LogP contribution in [0.25, 0.3) is 11.3 Å². The summed E-state index contributed by atoms with van der Waals surface area (Å²) in [4.78, 5) is 19.2. The molecular weight excluding hydrogens is 427 g/mol. The maximum absolute atomic E-state index is 14.1. The van der Waals surface area contributed by atoms with E-state index in [0.717, 1.165) is 0 Å². The van der Waals surface area contributed by atoms with Crippen molar-refractivity contribution in [3.8, 4) is 11.5 Å². The molecule has 4 aromatic rings. The second-order valence-electron chi connectivity index (χ2n) is 6.33. The molecule has 3 heterocycles. The van der Waals surface area contributed by atoms with Gasteiger partial charge in [0.2, 0.25) is 18.1 Å². The number of anilines is 3. The topological polar surface area (TPSA) is 163 Å². The Morgan fingerprint density at radius 3 is 2.56 bits per heavy atom. The number of hydrogen-bond acceptors (Lipinski definition) is 12. The molecule has 13 nitrogen and oxygen atoms in total. The quantitative estimate of drug-likeness (QED) is 0.258. The van der Waals surface area contributed by atoms with Crippen LogP contribution >= 0.6 is 0 Å². The van der Waals surface area contributed by atoms with E-state index in [2.05, 4.69) is 40.8 Å². The number of aromatic nitrogens is 4. The van der Waals surface area contributed by atoms with Crippen LogP contribution in [-0.2, 0) is 0 Å². The summed E-state index contributed by atoms with van der Waals surface area (Å²) in [5.41, 5.74) is 2.86. The van der Waals surface area contributed by atoms with Crippen molar-refractivity contribution in [2.75, 3.05) is 17.5 Å². The first-order chi connectivity index (χ1) is 15.6. The van der Waals surface area contributed by atoms with E-state index < -0.39 is 10.7 Å². The zero-order valence-electron chi connectivity index (χ0n) is 15.9. The van der Waals surface area contributed by atoms with Crippen LogP contribution in [0.5, 0.6) is 11.5 Å². The van der Waals surface area contributed by atoms with Crippen molar-refractivity contribution < 1.29 is 23.4 Å². The Morgan fingerprint density at radius 2 is 1.81 bits per heavy atom. The Hall–Kier alpha value is -4.88. The van der Waals surface area contributed by atoms with Crippen molar-refractivity contribution in [1.29, 1.82) is 0 Å². The minimum Gasteiger partial charge on any atom is -0.454 e. The van der Waals surface area contributed by atoms with Gasteiger partial charge in [0, 0.05) is 0 Å². The molecule has 32 heavy (non-hydrogen) atoms. The van der Waals surface area contributed by atoms with Gasteiger partial charge in [-0.25, -0.2) is 14.0 Å². The number of nitro groups is 1. The molecule has 2 N–H and O–H groups in total. The highest BCUT2D eigenvalue weighted by Crippen LogP contribution is 2.37. The molecule has 0 saturated carbocycles. The van der Waals surface area contributed by atoms with E-state index in [4.69, 9.17) is 9.47 Å². The maximum Gasteiger partial charge on any atom is 0.282 e. The van der Waals surface area contributed by atoms with Crippen LogP contribution in [0.3, 0.4) is 0 Å². The van der Waals surface area contributed by atoms with Gasteiger partial charge in [0.05, 0.1) is 28.5 Å². The van der Waals surface area contributed by atoms with Crippen LogP contribution in [-0.4, -0.2) is 38.2 Å². The van der Waals surface area contributed by atoms with Gasteiger partial charge in [0.1, 0.15) is 5.82 Å². The van der Waals surface area contributed by atoms with E-state index >= 15 is 0 Å². The number of halogens is 1. The predicted molar refractivity (Wildman–Crippen MR) is 108 cm³/mol.